The summed E-state index contributed by atoms with van der Waals surface area (Å²) in [5, 5.41) is 3.97. The summed E-state index contributed by atoms with van der Waals surface area (Å²) in [7, 11) is 0. The number of hydrogen-bond acceptors (Lipinski definition) is 4. The molecule has 0 aliphatic carbocycles. The van der Waals surface area contributed by atoms with Gasteiger partial charge in [0.1, 0.15) is 18.2 Å². The third-order valence-electron chi connectivity index (χ3n) is 3.10. The minimum atomic E-state index is 0.462. The van der Waals surface area contributed by atoms with E-state index in [2.05, 4.69) is 15.3 Å². The van der Waals surface area contributed by atoms with Crippen LogP contribution >= 0.6 is 11.6 Å². The second kappa shape index (κ2) is 7.27. The summed E-state index contributed by atoms with van der Waals surface area (Å²) >= 11 is 5.88. The van der Waals surface area contributed by atoms with Gasteiger partial charge in [0.25, 0.3) is 0 Å². The molecule has 5 heteroatoms. The minimum absolute atomic E-state index is 0.462. The lowest BCUT2D eigenvalue weighted by Crippen LogP contribution is -2.09. The quantitative estimate of drug-likeness (QED) is 0.876. The van der Waals surface area contributed by atoms with Gasteiger partial charge in [-0.05, 0) is 31.5 Å². The second-order valence-corrected chi connectivity index (χ2v) is 5.15. The first kappa shape index (κ1) is 15.6. The molecule has 1 N–H and O–H groups in total. The van der Waals surface area contributed by atoms with Gasteiger partial charge in [0.15, 0.2) is 0 Å². The van der Waals surface area contributed by atoms with Crippen LogP contribution in [0, 0.1) is 6.92 Å². The zero-order valence-corrected chi connectivity index (χ0v) is 13.4. The molecule has 0 amide bonds. The Labute approximate surface area is 130 Å². The van der Waals surface area contributed by atoms with E-state index in [4.69, 9.17) is 16.3 Å². The zero-order valence-electron chi connectivity index (χ0n) is 12.6. The van der Waals surface area contributed by atoms with E-state index in [1.54, 1.807) is 0 Å². The summed E-state index contributed by atoms with van der Waals surface area (Å²) < 4.78 is 5.86. The maximum absolute atomic E-state index is 5.88. The van der Waals surface area contributed by atoms with Gasteiger partial charge in [0.2, 0.25) is 5.88 Å². The minimum Gasteiger partial charge on any atom is -0.472 e. The molecule has 2 rings (SSSR count). The number of ether oxygens (including phenoxy) is 1. The molecule has 112 valence electrons. The monoisotopic (exact) mass is 305 g/mol. The average molecular weight is 306 g/mol. The number of anilines is 1. The van der Waals surface area contributed by atoms with Crippen LogP contribution in [0.2, 0.25) is 5.02 Å². The Bertz CT molecular complexity index is 599. The van der Waals surface area contributed by atoms with Crippen LogP contribution in [-0.4, -0.2) is 16.5 Å². The van der Waals surface area contributed by atoms with E-state index >= 15 is 0 Å². The van der Waals surface area contributed by atoms with Gasteiger partial charge < -0.3 is 10.1 Å². The highest BCUT2D eigenvalue weighted by Crippen LogP contribution is 2.23. The Balaban J connectivity index is 2.18. The Morgan fingerprint density at radius 1 is 1.14 bits per heavy atom. The maximum atomic E-state index is 5.88. The molecule has 4 nitrogen and oxygen atoms in total. The van der Waals surface area contributed by atoms with Gasteiger partial charge >= 0.3 is 0 Å². The fraction of sp³-hybridized carbons (Fsp3) is 0.375. The molecule has 0 radical (unpaired) electrons. The molecule has 2 aromatic rings. The molecule has 0 aliphatic rings. The fourth-order valence-corrected chi connectivity index (χ4v) is 2.04. The molecular weight excluding hydrogens is 286 g/mol. The summed E-state index contributed by atoms with van der Waals surface area (Å²) in [6, 6.07) is 7.61. The van der Waals surface area contributed by atoms with Crippen molar-refractivity contribution in [3.05, 3.63) is 46.2 Å². The van der Waals surface area contributed by atoms with Crippen molar-refractivity contribution in [2.75, 3.05) is 11.9 Å². The number of aryl methyl sites for hydroxylation is 1. The van der Waals surface area contributed by atoms with Crippen LogP contribution in [0.25, 0.3) is 0 Å². The van der Waals surface area contributed by atoms with Gasteiger partial charge in [0, 0.05) is 18.0 Å². The van der Waals surface area contributed by atoms with E-state index in [0.717, 1.165) is 40.8 Å². The van der Waals surface area contributed by atoms with E-state index < -0.39 is 0 Å². The fourth-order valence-electron chi connectivity index (χ4n) is 1.91. The summed E-state index contributed by atoms with van der Waals surface area (Å²) in [6.45, 7) is 7.32. The zero-order chi connectivity index (χ0) is 15.2. The van der Waals surface area contributed by atoms with E-state index in [1.165, 1.54) is 0 Å². The Kier molecular flexibility index (Phi) is 5.39. The van der Waals surface area contributed by atoms with Gasteiger partial charge in [-0.15, -0.1) is 0 Å². The van der Waals surface area contributed by atoms with Crippen LogP contribution < -0.4 is 10.1 Å². The van der Waals surface area contributed by atoms with Crippen molar-refractivity contribution in [1.29, 1.82) is 0 Å². The molecule has 1 heterocycles. The Morgan fingerprint density at radius 3 is 2.48 bits per heavy atom. The van der Waals surface area contributed by atoms with Crippen LogP contribution in [0.3, 0.4) is 0 Å². The van der Waals surface area contributed by atoms with E-state index in [1.807, 2.05) is 45.0 Å². The largest absolute Gasteiger partial charge is 0.472 e. The van der Waals surface area contributed by atoms with Gasteiger partial charge in [-0.2, -0.15) is 4.98 Å². The highest BCUT2D eigenvalue weighted by Gasteiger charge is 2.11. The highest BCUT2D eigenvalue weighted by molar-refractivity contribution is 6.30. The van der Waals surface area contributed by atoms with Crippen molar-refractivity contribution in [1.82, 2.24) is 9.97 Å². The molecule has 21 heavy (non-hydrogen) atoms. The molecule has 0 unspecified atom stereocenters. The van der Waals surface area contributed by atoms with Crippen molar-refractivity contribution in [3.63, 3.8) is 0 Å². The average Bonchev–Trinajstić information content (AvgIpc) is 2.50. The molecule has 1 aromatic heterocycles. The van der Waals surface area contributed by atoms with Crippen molar-refractivity contribution in [3.8, 4) is 5.88 Å². The molecule has 0 fully saturated rings. The number of nitrogens with zero attached hydrogens (tertiary/aromatic N) is 2. The van der Waals surface area contributed by atoms with Crippen LogP contribution in [-0.2, 0) is 13.0 Å². The lowest BCUT2D eigenvalue weighted by atomic mass is 10.2. The molecular formula is C16H20ClN3O. The summed E-state index contributed by atoms with van der Waals surface area (Å²) in [6.07, 6.45) is 0.774. The predicted molar refractivity (Wildman–Crippen MR) is 86.1 cm³/mol. The number of aromatic nitrogens is 2. The van der Waals surface area contributed by atoms with Gasteiger partial charge in [-0.25, -0.2) is 4.98 Å². The first-order chi connectivity index (χ1) is 10.1. The third kappa shape index (κ3) is 4.08. The Morgan fingerprint density at radius 2 is 1.86 bits per heavy atom. The first-order valence-corrected chi connectivity index (χ1v) is 7.50. The van der Waals surface area contributed by atoms with Crippen LogP contribution in [0.15, 0.2) is 24.3 Å². The number of rotatable bonds is 6. The van der Waals surface area contributed by atoms with Crippen molar-refractivity contribution < 1.29 is 4.74 Å². The molecule has 0 saturated carbocycles. The van der Waals surface area contributed by atoms with Crippen LogP contribution in [0.1, 0.15) is 30.8 Å². The lowest BCUT2D eigenvalue weighted by molar-refractivity contribution is 0.290. The number of nitrogens with one attached hydrogen (secondary N) is 1. The van der Waals surface area contributed by atoms with Crippen LogP contribution in [0.4, 0.5) is 5.82 Å². The number of halogens is 1. The van der Waals surface area contributed by atoms with Crippen LogP contribution in [0.5, 0.6) is 5.88 Å². The molecule has 0 saturated heterocycles. The van der Waals surface area contributed by atoms with Gasteiger partial charge in [-0.3, -0.25) is 0 Å². The lowest BCUT2D eigenvalue weighted by Gasteiger charge is -2.13. The Hall–Kier alpha value is -1.81. The second-order valence-electron chi connectivity index (χ2n) is 4.72. The maximum Gasteiger partial charge on any atom is 0.222 e. The molecule has 0 bridgehead atoms. The molecule has 0 aliphatic heterocycles. The SMILES string of the molecule is CCNc1nc(CC)nc(OCc2ccc(Cl)cc2)c1C. The third-order valence-corrected chi connectivity index (χ3v) is 3.35. The predicted octanol–water partition coefficient (Wildman–Crippen LogP) is 4.01. The number of benzene rings is 1. The van der Waals surface area contributed by atoms with E-state index in [0.29, 0.717) is 12.5 Å². The normalized spacial score (nSPS) is 10.5. The molecule has 1 aromatic carbocycles. The first-order valence-electron chi connectivity index (χ1n) is 7.12. The van der Waals surface area contributed by atoms with Gasteiger partial charge in [0.05, 0.1) is 5.56 Å². The standard InChI is InChI=1S/C16H20ClN3O/c1-4-14-19-15(18-5-2)11(3)16(20-14)21-10-12-6-8-13(17)9-7-12/h6-9H,4-5,10H2,1-3H3,(H,18,19,20). The van der Waals surface area contributed by atoms with E-state index in [9.17, 15) is 0 Å². The van der Waals surface area contributed by atoms with Crippen molar-refractivity contribution in [2.45, 2.75) is 33.8 Å². The highest BCUT2D eigenvalue weighted by atomic mass is 35.5. The number of hydrogen-bond donors (Lipinski definition) is 1. The van der Waals surface area contributed by atoms with E-state index in [-0.39, 0.29) is 0 Å². The van der Waals surface area contributed by atoms with Crippen molar-refractivity contribution in [2.24, 2.45) is 0 Å². The summed E-state index contributed by atoms with van der Waals surface area (Å²) in [5.74, 6) is 2.26. The topological polar surface area (TPSA) is 47.0 Å². The molecule has 0 spiro atoms. The molecule has 0 atom stereocenters. The van der Waals surface area contributed by atoms with Crippen molar-refractivity contribution >= 4 is 17.4 Å². The smallest absolute Gasteiger partial charge is 0.222 e. The summed E-state index contributed by atoms with van der Waals surface area (Å²) in [4.78, 5) is 8.95. The summed E-state index contributed by atoms with van der Waals surface area (Å²) in [5.41, 5.74) is 1.99. The van der Waals surface area contributed by atoms with Gasteiger partial charge in [-0.1, -0.05) is 30.7 Å².